The SMILES string of the molecule is O=C(CSc1nnc(SCc2ccccc2Cl)s1)N/N=C/c1ccc(-c2ccccc2)cc1. The van der Waals surface area contributed by atoms with E-state index in [0.29, 0.717) is 0 Å². The van der Waals surface area contributed by atoms with Crippen LogP contribution < -0.4 is 5.43 Å². The van der Waals surface area contributed by atoms with Gasteiger partial charge in [-0.3, -0.25) is 4.79 Å². The second-order valence-corrected chi connectivity index (χ2v) is 10.6. The minimum Gasteiger partial charge on any atom is -0.272 e. The molecule has 3 aromatic carbocycles. The molecule has 0 atom stereocenters. The van der Waals surface area contributed by atoms with Gasteiger partial charge < -0.3 is 0 Å². The largest absolute Gasteiger partial charge is 0.272 e. The summed E-state index contributed by atoms with van der Waals surface area (Å²) in [6.45, 7) is 0. The van der Waals surface area contributed by atoms with Crippen molar-refractivity contribution in [2.45, 2.75) is 14.4 Å². The smallest absolute Gasteiger partial charge is 0.250 e. The van der Waals surface area contributed by atoms with E-state index >= 15 is 0 Å². The van der Waals surface area contributed by atoms with Crippen LogP contribution in [0, 0.1) is 0 Å². The van der Waals surface area contributed by atoms with E-state index in [1.807, 2.05) is 66.7 Å². The van der Waals surface area contributed by atoms with Crippen molar-refractivity contribution >= 4 is 58.6 Å². The van der Waals surface area contributed by atoms with E-state index in [2.05, 4.69) is 32.9 Å². The van der Waals surface area contributed by atoms with Crippen molar-refractivity contribution < 1.29 is 4.79 Å². The molecule has 166 valence electrons. The minimum absolute atomic E-state index is 0.197. The average molecular weight is 511 g/mol. The monoisotopic (exact) mass is 510 g/mol. The number of hydrogen-bond acceptors (Lipinski definition) is 7. The number of aromatic nitrogens is 2. The van der Waals surface area contributed by atoms with Gasteiger partial charge in [0.25, 0.3) is 5.91 Å². The van der Waals surface area contributed by atoms with Crippen molar-refractivity contribution in [1.82, 2.24) is 15.6 Å². The molecule has 0 spiro atoms. The van der Waals surface area contributed by atoms with Crippen LogP contribution in [0.4, 0.5) is 0 Å². The molecule has 1 heterocycles. The molecule has 0 unspecified atom stereocenters. The zero-order valence-electron chi connectivity index (χ0n) is 17.3. The van der Waals surface area contributed by atoms with E-state index in [1.165, 1.54) is 23.1 Å². The first-order valence-corrected chi connectivity index (χ1v) is 13.1. The van der Waals surface area contributed by atoms with Crippen LogP contribution in [-0.4, -0.2) is 28.1 Å². The highest BCUT2D eigenvalue weighted by Gasteiger charge is 2.09. The Morgan fingerprint density at radius 1 is 0.909 bits per heavy atom. The summed E-state index contributed by atoms with van der Waals surface area (Å²) in [5, 5.41) is 13.1. The number of halogens is 1. The number of hydrogen-bond donors (Lipinski definition) is 1. The third kappa shape index (κ3) is 7.17. The van der Waals surface area contributed by atoms with Gasteiger partial charge in [-0.05, 0) is 28.3 Å². The number of benzene rings is 3. The number of thioether (sulfide) groups is 2. The first-order chi connectivity index (χ1) is 16.2. The van der Waals surface area contributed by atoms with Gasteiger partial charge in [0, 0.05) is 10.8 Å². The van der Waals surface area contributed by atoms with Crippen LogP contribution >= 0.6 is 46.5 Å². The second kappa shape index (κ2) is 12.0. The quantitative estimate of drug-likeness (QED) is 0.160. The summed E-state index contributed by atoms with van der Waals surface area (Å²) in [4.78, 5) is 12.1. The van der Waals surface area contributed by atoms with Gasteiger partial charge in [0.15, 0.2) is 8.68 Å². The molecule has 0 aliphatic heterocycles. The normalized spacial score (nSPS) is 11.1. The third-order valence-electron chi connectivity index (χ3n) is 4.44. The standard InChI is InChI=1S/C24H19ClN4OS3/c25-21-9-5-4-8-20(21)15-31-23-28-29-24(33-23)32-16-22(30)27-26-14-17-10-12-19(13-11-17)18-6-2-1-3-7-18/h1-14H,15-16H2,(H,27,30)/b26-14+. The summed E-state index contributed by atoms with van der Waals surface area (Å²) in [5.41, 5.74) is 6.81. The first kappa shape index (κ1) is 23.5. The Labute approximate surface area is 209 Å². The van der Waals surface area contributed by atoms with Crippen molar-refractivity contribution in [1.29, 1.82) is 0 Å². The zero-order valence-corrected chi connectivity index (χ0v) is 20.6. The van der Waals surface area contributed by atoms with Gasteiger partial charge >= 0.3 is 0 Å². The van der Waals surface area contributed by atoms with E-state index in [-0.39, 0.29) is 11.7 Å². The maximum Gasteiger partial charge on any atom is 0.250 e. The summed E-state index contributed by atoms with van der Waals surface area (Å²) in [6, 6.07) is 25.9. The summed E-state index contributed by atoms with van der Waals surface area (Å²) >= 11 is 10.6. The van der Waals surface area contributed by atoms with Gasteiger partial charge in [-0.25, -0.2) is 5.43 Å². The second-order valence-electron chi connectivity index (χ2n) is 6.78. The molecule has 4 aromatic rings. The molecule has 1 N–H and O–H groups in total. The molecule has 1 amide bonds. The average Bonchev–Trinajstić information content (AvgIpc) is 3.31. The molecule has 0 aliphatic rings. The molecule has 0 radical (unpaired) electrons. The number of rotatable bonds is 9. The molecule has 9 heteroatoms. The lowest BCUT2D eigenvalue weighted by atomic mass is 10.0. The lowest BCUT2D eigenvalue weighted by Gasteiger charge is -2.02. The van der Waals surface area contributed by atoms with Crippen LogP contribution in [0.5, 0.6) is 0 Å². The van der Waals surface area contributed by atoms with E-state index < -0.39 is 0 Å². The fourth-order valence-electron chi connectivity index (χ4n) is 2.80. The van der Waals surface area contributed by atoms with Crippen LogP contribution in [0.3, 0.4) is 0 Å². The third-order valence-corrected chi connectivity index (χ3v) is 8.05. The molecule has 1 aromatic heterocycles. The van der Waals surface area contributed by atoms with Gasteiger partial charge in [0.1, 0.15) is 0 Å². The highest BCUT2D eigenvalue weighted by Crippen LogP contribution is 2.32. The van der Waals surface area contributed by atoms with Crippen molar-refractivity contribution in [3.63, 3.8) is 0 Å². The number of carbonyl (C=O) groups is 1. The molecule has 4 rings (SSSR count). The number of amides is 1. The molecule has 0 saturated heterocycles. The maximum atomic E-state index is 12.1. The van der Waals surface area contributed by atoms with Gasteiger partial charge in [0.05, 0.1) is 12.0 Å². The van der Waals surface area contributed by atoms with E-state index in [0.717, 1.165) is 41.7 Å². The van der Waals surface area contributed by atoms with E-state index in [1.54, 1.807) is 18.0 Å². The molecule has 0 saturated carbocycles. The van der Waals surface area contributed by atoms with Gasteiger partial charge in [-0.1, -0.05) is 119 Å². The minimum atomic E-state index is -0.197. The summed E-state index contributed by atoms with van der Waals surface area (Å²) in [5.74, 6) is 0.742. The maximum absolute atomic E-state index is 12.1. The Kier molecular flexibility index (Phi) is 8.54. The predicted molar refractivity (Wildman–Crippen MR) is 139 cm³/mol. The summed E-state index contributed by atoms with van der Waals surface area (Å²) in [6.07, 6.45) is 1.63. The highest BCUT2D eigenvalue weighted by atomic mass is 35.5. The summed E-state index contributed by atoms with van der Waals surface area (Å²) in [7, 11) is 0. The van der Waals surface area contributed by atoms with E-state index in [9.17, 15) is 4.79 Å². The molecular weight excluding hydrogens is 492 g/mol. The topological polar surface area (TPSA) is 67.2 Å². The molecule has 5 nitrogen and oxygen atoms in total. The molecular formula is C24H19ClN4OS3. The van der Waals surface area contributed by atoms with Crippen molar-refractivity contribution in [2.24, 2.45) is 5.10 Å². The van der Waals surface area contributed by atoms with Crippen LogP contribution in [0.25, 0.3) is 11.1 Å². The Hall–Kier alpha value is -2.65. The first-order valence-electron chi connectivity index (χ1n) is 9.97. The van der Waals surface area contributed by atoms with Crippen LogP contribution in [-0.2, 0) is 10.5 Å². The Morgan fingerprint density at radius 2 is 1.58 bits per heavy atom. The number of hydrazone groups is 1. The number of nitrogens with zero attached hydrogens (tertiary/aromatic N) is 3. The lowest BCUT2D eigenvalue weighted by Crippen LogP contribution is -2.19. The number of carbonyl (C=O) groups excluding carboxylic acids is 1. The molecule has 0 fully saturated rings. The van der Waals surface area contributed by atoms with Crippen LogP contribution in [0.2, 0.25) is 5.02 Å². The van der Waals surface area contributed by atoms with Crippen molar-refractivity contribution in [3.05, 3.63) is 95.0 Å². The molecule has 0 bridgehead atoms. The summed E-state index contributed by atoms with van der Waals surface area (Å²) < 4.78 is 1.59. The lowest BCUT2D eigenvalue weighted by molar-refractivity contribution is -0.118. The number of nitrogens with one attached hydrogen (secondary N) is 1. The highest BCUT2D eigenvalue weighted by molar-refractivity contribution is 8.03. The Balaban J connectivity index is 1.20. The molecule has 33 heavy (non-hydrogen) atoms. The zero-order chi connectivity index (χ0) is 22.9. The van der Waals surface area contributed by atoms with E-state index in [4.69, 9.17) is 11.6 Å². The van der Waals surface area contributed by atoms with Gasteiger partial charge in [-0.15, -0.1) is 10.2 Å². The van der Waals surface area contributed by atoms with Crippen molar-refractivity contribution in [2.75, 3.05) is 5.75 Å². The van der Waals surface area contributed by atoms with Gasteiger partial charge in [0.2, 0.25) is 0 Å². The molecule has 0 aliphatic carbocycles. The fraction of sp³-hybridized carbons (Fsp3) is 0.0833. The predicted octanol–water partition coefficient (Wildman–Crippen LogP) is 6.39. The fourth-order valence-corrected chi connectivity index (χ4v) is 5.90. The van der Waals surface area contributed by atoms with Crippen LogP contribution in [0.1, 0.15) is 11.1 Å². The Bertz CT molecular complexity index is 1230. The van der Waals surface area contributed by atoms with Crippen molar-refractivity contribution in [3.8, 4) is 11.1 Å². The van der Waals surface area contributed by atoms with Crippen LogP contribution in [0.15, 0.2) is 92.6 Å². The van der Waals surface area contributed by atoms with Gasteiger partial charge in [-0.2, -0.15) is 5.10 Å². The Morgan fingerprint density at radius 3 is 2.33 bits per heavy atom.